The van der Waals surface area contributed by atoms with E-state index in [1.807, 2.05) is 0 Å². The van der Waals surface area contributed by atoms with E-state index in [1.165, 1.54) is 38.9 Å². The van der Waals surface area contributed by atoms with Crippen LogP contribution in [0.1, 0.15) is 77.2 Å². The first-order valence-electron chi connectivity index (χ1n) is 10.9. The molecule has 1 aliphatic heterocycles. The molecule has 0 spiro atoms. The molecule has 0 radical (unpaired) electrons. The molecule has 0 atom stereocenters. The third-order valence-electron chi connectivity index (χ3n) is 5.72. The SMILES string of the molecule is CCNC(=NCc1cc(C(CC)CC)no1)NCCC1CCN(CC)CC1. The molecular weight excluding hydrogens is 338 g/mol. The maximum Gasteiger partial charge on any atom is 0.191 e. The molecular formula is C21H39N5O. The smallest absolute Gasteiger partial charge is 0.191 e. The molecule has 0 aromatic carbocycles. The number of piperidine rings is 1. The van der Waals surface area contributed by atoms with Gasteiger partial charge >= 0.3 is 0 Å². The molecule has 2 N–H and O–H groups in total. The van der Waals surface area contributed by atoms with Crippen LogP contribution in [-0.2, 0) is 6.54 Å². The number of aromatic nitrogens is 1. The van der Waals surface area contributed by atoms with Crippen molar-refractivity contribution >= 4 is 5.96 Å². The van der Waals surface area contributed by atoms with Gasteiger partial charge in [0.1, 0.15) is 6.54 Å². The predicted molar refractivity (Wildman–Crippen MR) is 112 cm³/mol. The van der Waals surface area contributed by atoms with Crippen molar-refractivity contribution in [2.45, 2.75) is 72.3 Å². The van der Waals surface area contributed by atoms with Gasteiger partial charge in [-0.05, 0) is 64.6 Å². The lowest BCUT2D eigenvalue weighted by atomic mass is 9.93. The summed E-state index contributed by atoms with van der Waals surface area (Å²) >= 11 is 0. The summed E-state index contributed by atoms with van der Waals surface area (Å²) < 4.78 is 5.48. The van der Waals surface area contributed by atoms with Gasteiger partial charge in [0, 0.05) is 25.1 Å². The van der Waals surface area contributed by atoms with Gasteiger partial charge in [0.05, 0.1) is 5.69 Å². The number of aliphatic imine (C=N–C) groups is 1. The van der Waals surface area contributed by atoms with E-state index in [0.717, 1.165) is 49.3 Å². The molecule has 1 saturated heterocycles. The van der Waals surface area contributed by atoms with E-state index in [-0.39, 0.29) is 0 Å². The zero-order valence-electron chi connectivity index (χ0n) is 17.8. The Morgan fingerprint density at radius 3 is 2.59 bits per heavy atom. The van der Waals surface area contributed by atoms with Crippen LogP contribution in [0.25, 0.3) is 0 Å². The molecule has 1 aromatic heterocycles. The Bertz CT molecular complexity index is 545. The van der Waals surface area contributed by atoms with Crippen molar-refractivity contribution in [3.8, 4) is 0 Å². The van der Waals surface area contributed by atoms with Crippen molar-refractivity contribution in [1.82, 2.24) is 20.7 Å². The zero-order chi connectivity index (χ0) is 19.5. The van der Waals surface area contributed by atoms with Gasteiger partial charge < -0.3 is 20.1 Å². The van der Waals surface area contributed by atoms with Crippen LogP contribution in [-0.4, -0.2) is 48.7 Å². The molecule has 0 bridgehead atoms. The van der Waals surface area contributed by atoms with E-state index < -0.39 is 0 Å². The third kappa shape index (κ3) is 7.17. The number of hydrogen-bond donors (Lipinski definition) is 2. The van der Waals surface area contributed by atoms with Gasteiger partial charge in [0.25, 0.3) is 0 Å². The van der Waals surface area contributed by atoms with Crippen molar-refractivity contribution in [2.75, 3.05) is 32.7 Å². The number of hydrogen-bond acceptors (Lipinski definition) is 4. The summed E-state index contributed by atoms with van der Waals surface area (Å²) in [6.45, 7) is 14.8. The number of likely N-dealkylation sites (tertiary alicyclic amines) is 1. The second kappa shape index (κ2) is 12.0. The lowest BCUT2D eigenvalue weighted by molar-refractivity contribution is 0.187. The predicted octanol–water partition coefficient (Wildman–Crippen LogP) is 3.76. The Morgan fingerprint density at radius 2 is 1.96 bits per heavy atom. The summed E-state index contributed by atoms with van der Waals surface area (Å²) in [6, 6.07) is 2.06. The number of nitrogens with one attached hydrogen (secondary N) is 2. The molecule has 6 nitrogen and oxygen atoms in total. The number of rotatable bonds is 10. The number of nitrogens with zero attached hydrogens (tertiary/aromatic N) is 3. The topological polar surface area (TPSA) is 65.7 Å². The molecule has 2 rings (SSSR count). The monoisotopic (exact) mass is 377 g/mol. The first kappa shape index (κ1) is 21.7. The van der Waals surface area contributed by atoms with Gasteiger partial charge in [-0.3, -0.25) is 0 Å². The van der Waals surface area contributed by atoms with Gasteiger partial charge in [-0.1, -0.05) is 25.9 Å². The highest BCUT2D eigenvalue weighted by Gasteiger charge is 2.17. The summed E-state index contributed by atoms with van der Waals surface area (Å²) in [4.78, 5) is 7.21. The maximum atomic E-state index is 5.48. The van der Waals surface area contributed by atoms with Crippen molar-refractivity contribution in [1.29, 1.82) is 0 Å². The molecule has 154 valence electrons. The Kier molecular flexibility index (Phi) is 9.67. The lowest BCUT2D eigenvalue weighted by Crippen LogP contribution is -2.39. The minimum atomic E-state index is 0.483. The Labute approximate surface area is 165 Å². The van der Waals surface area contributed by atoms with E-state index in [9.17, 15) is 0 Å². The molecule has 1 aromatic rings. The highest BCUT2D eigenvalue weighted by Crippen LogP contribution is 2.22. The molecule has 0 saturated carbocycles. The second-order valence-corrected chi connectivity index (χ2v) is 7.52. The van der Waals surface area contributed by atoms with E-state index in [2.05, 4.69) is 59.4 Å². The van der Waals surface area contributed by atoms with Crippen LogP contribution >= 0.6 is 0 Å². The first-order chi connectivity index (χ1) is 13.2. The minimum Gasteiger partial charge on any atom is -0.359 e. The van der Waals surface area contributed by atoms with Gasteiger partial charge in [-0.25, -0.2) is 4.99 Å². The Morgan fingerprint density at radius 1 is 1.22 bits per heavy atom. The van der Waals surface area contributed by atoms with E-state index in [4.69, 9.17) is 4.52 Å². The molecule has 6 heteroatoms. The van der Waals surface area contributed by atoms with Gasteiger partial charge in [0.2, 0.25) is 0 Å². The van der Waals surface area contributed by atoms with E-state index >= 15 is 0 Å². The highest BCUT2D eigenvalue weighted by molar-refractivity contribution is 5.79. The molecule has 27 heavy (non-hydrogen) atoms. The summed E-state index contributed by atoms with van der Waals surface area (Å²) in [7, 11) is 0. The van der Waals surface area contributed by atoms with Crippen molar-refractivity contribution < 1.29 is 4.52 Å². The van der Waals surface area contributed by atoms with Crippen LogP contribution in [0.3, 0.4) is 0 Å². The maximum absolute atomic E-state index is 5.48. The van der Waals surface area contributed by atoms with Crippen molar-refractivity contribution in [2.24, 2.45) is 10.9 Å². The summed E-state index contributed by atoms with van der Waals surface area (Å²) in [5.41, 5.74) is 1.06. The fourth-order valence-electron chi connectivity index (χ4n) is 3.79. The summed E-state index contributed by atoms with van der Waals surface area (Å²) in [5.74, 6) is 3.02. The fraction of sp³-hybridized carbons (Fsp3) is 0.810. The van der Waals surface area contributed by atoms with Crippen molar-refractivity contribution in [3.05, 3.63) is 17.5 Å². The molecule has 0 amide bonds. The Balaban J connectivity index is 1.78. The van der Waals surface area contributed by atoms with Crippen LogP contribution in [0.5, 0.6) is 0 Å². The van der Waals surface area contributed by atoms with Gasteiger partial charge in [0.15, 0.2) is 11.7 Å². The first-order valence-corrected chi connectivity index (χ1v) is 10.9. The average molecular weight is 378 g/mol. The summed E-state index contributed by atoms with van der Waals surface area (Å²) in [5, 5.41) is 11.0. The zero-order valence-corrected chi connectivity index (χ0v) is 17.8. The fourth-order valence-corrected chi connectivity index (χ4v) is 3.79. The van der Waals surface area contributed by atoms with Crippen LogP contribution in [0, 0.1) is 5.92 Å². The second-order valence-electron chi connectivity index (χ2n) is 7.52. The molecule has 0 aliphatic carbocycles. The lowest BCUT2D eigenvalue weighted by Gasteiger charge is -2.31. The standard InChI is InChI=1S/C21H39N5O/c1-5-18(6-2)20-15-19(27-25-20)16-24-21(22-7-3)23-12-9-17-10-13-26(8-4)14-11-17/h15,17-18H,5-14,16H2,1-4H3,(H2,22,23,24). The third-order valence-corrected chi connectivity index (χ3v) is 5.72. The quantitative estimate of drug-likeness (QED) is 0.480. The van der Waals surface area contributed by atoms with Gasteiger partial charge in [-0.2, -0.15) is 0 Å². The molecule has 2 heterocycles. The van der Waals surface area contributed by atoms with Crippen LogP contribution in [0.4, 0.5) is 0 Å². The van der Waals surface area contributed by atoms with Crippen LogP contribution < -0.4 is 10.6 Å². The Hall–Kier alpha value is -1.56. The largest absolute Gasteiger partial charge is 0.359 e. The highest BCUT2D eigenvalue weighted by atomic mass is 16.5. The van der Waals surface area contributed by atoms with Crippen molar-refractivity contribution in [3.63, 3.8) is 0 Å². The molecule has 0 unspecified atom stereocenters. The molecule has 1 fully saturated rings. The molecule has 1 aliphatic rings. The van der Waals surface area contributed by atoms with E-state index in [1.54, 1.807) is 0 Å². The van der Waals surface area contributed by atoms with Crippen LogP contribution in [0.15, 0.2) is 15.6 Å². The minimum absolute atomic E-state index is 0.483. The van der Waals surface area contributed by atoms with Crippen LogP contribution in [0.2, 0.25) is 0 Å². The average Bonchev–Trinajstić information content (AvgIpc) is 3.16. The van der Waals surface area contributed by atoms with Gasteiger partial charge in [-0.15, -0.1) is 0 Å². The number of guanidine groups is 1. The van der Waals surface area contributed by atoms with E-state index in [0.29, 0.717) is 12.5 Å². The summed E-state index contributed by atoms with van der Waals surface area (Å²) in [6.07, 6.45) is 6.03. The normalized spacial score (nSPS) is 16.9.